The highest BCUT2D eigenvalue weighted by molar-refractivity contribution is 5.70. The van der Waals surface area contributed by atoms with Crippen molar-refractivity contribution >= 4 is 11.3 Å². The van der Waals surface area contributed by atoms with E-state index in [0.29, 0.717) is 0 Å². The van der Waals surface area contributed by atoms with E-state index in [1.165, 1.54) is 0 Å². The van der Waals surface area contributed by atoms with Crippen LogP contribution in [0.4, 0.5) is 5.82 Å². The number of anilines is 1. The Kier molecular flexibility index (Phi) is 2.76. The second-order valence-electron chi connectivity index (χ2n) is 7.44. The molecule has 4 heterocycles. The molecule has 1 N–H and O–H groups in total. The van der Waals surface area contributed by atoms with Gasteiger partial charge in [0.1, 0.15) is 5.52 Å². The molecule has 0 aliphatic carbocycles. The van der Waals surface area contributed by atoms with E-state index in [1.807, 2.05) is 16.9 Å². The lowest BCUT2D eigenvalue weighted by Crippen LogP contribution is -2.26. The summed E-state index contributed by atoms with van der Waals surface area (Å²) >= 11 is 0. The van der Waals surface area contributed by atoms with E-state index >= 15 is 0 Å². The maximum Gasteiger partial charge on any atom is 0.154 e. The Morgan fingerprint density at radius 1 is 1.19 bits per heavy atom. The Hall–Kier alpha value is -1.62. The van der Waals surface area contributed by atoms with Crippen LogP contribution in [0.3, 0.4) is 0 Å². The van der Waals surface area contributed by atoms with Crippen molar-refractivity contribution in [2.24, 2.45) is 11.8 Å². The minimum Gasteiger partial charge on any atom is -0.354 e. The van der Waals surface area contributed by atoms with Crippen LogP contribution in [0.15, 0.2) is 18.5 Å². The van der Waals surface area contributed by atoms with Crippen molar-refractivity contribution in [3.63, 3.8) is 0 Å². The molecular weight excluding hydrogens is 262 g/mol. The highest BCUT2D eigenvalue weighted by Crippen LogP contribution is 2.32. The van der Waals surface area contributed by atoms with Crippen LogP contribution in [0.2, 0.25) is 0 Å². The molecule has 2 aliphatic rings. The molecule has 0 amide bonds. The first-order chi connectivity index (χ1) is 10.0. The lowest BCUT2D eigenvalue weighted by Gasteiger charge is -2.19. The molecule has 0 radical (unpaired) electrons. The highest BCUT2D eigenvalue weighted by atomic mass is 15.3. The van der Waals surface area contributed by atoms with Crippen molar-refractivity contribution in [3.05, 3.63) is 24.2 Å². The summed E-state index contributed by atoms with van der Waals surface area (Å²) in [5.41, 5.74) is 2.32. The zero-order valence-corrected chi connectivity index (χ0v) is 13.0. The van der Waals surface area contributed by atoms with Crippen molar-refractivity contribution in [1.82, 2.24) is 19.9 Å². The summed E-state index contributed by atoms with van der Waals surface area (Å²) < 4.78 is 1.98. The summed E-state index contributed by atoms with van der Waals surface area (Å²) in [6.07, 6.45) is 3.82. The van der Waals surface area contributed by atoms with Crippen LogP contribution >= 0.6 is 0 Å². The molecule has 0 saturated carbocycles. The van der Waals surface area contributed by atoms with Crippen molar-refractivity contribution in [1.29, 1.82) is 0 Å². The molecule has 21 heavy (non-hydrogen) atoms. The third-order valence-corrected chi connectivity index (χ3v) is 4.83. The second kappa shape index (κ2) is 4.44. The number of nitrogens with one attached hydrogen (secondary N) is 1. The van der Waals surface area contributed by atoms with Crippen LogP contribution in [0, 0.1) is 11.8 Å². The molecule has 2 aliphatic heterocycles. The quantitative estimate of drug-likeness (QED) is 0.866. The van der Waals surface area contributed by atoms with Gasteiger partial charge in [-0.2, -0.15) is 5.10 Å². The van der Waals surface area contributed by atoms with Gasteiger partial charge in [-0.25, -0.2) is 9.50 Å². The second-order valence-corrected chi connectivity index (χ2v) is 7.44. The average Bonchev–Trinajstić information content (AvgIpc) is 3.10. The van der Waals surface area contributed by atoms with Gasteiger partial charge >= 0.3 is 0 Å². The lowest BCUT2D eigenvalue weighted by atomic mass is 9.92. The van der Waals surface area contributed by atoms with Gasteiger partial charge in [0.15, 0.2) is 5.82 Å². The Morgan fingerprint density at radius 3 is 2.57 bits per heavy atom. The largest absolute Gasteiger partial charge is 0.354 e. The summed E-state index contributed by atoms with van der Waals surface area (Å²) in [5, 5.41) is 8.22. The Bertz CT molecular complexity index is 657. The fraction of sp³-hybridized carbons (Fsp3) is 0.625. The van der Waals surface area contributed by atoms with Crippen molar-refractivity contribution in [2.45, 2.75) is 26.2 Å². The summed E-state index contributed by atoms with van der Waals surface area (Å²) in [7, 11) is 0. The molecule has 0 spiro atoms. The molecule has 2 saturated heterocycles. The summed E-state index contributed by atoms with van der Waals surface area (Å²) in [4.78, 5) is 7.10. The molecule has 2 unspecified atom stereocenters. The van der Waals surface area contributed by atoms with Gasteiger partial charge in [-0.1, -0.05) is 20.8 Å². The molecule has 112 valence electrons. The maximum absolute atomic E-state index is 4.73. The molecule has 0 aromatic carbocycles. The molecule has 4 rings (SSSR count). The number of hydrogen-bond acceptors (Lipinski definition) is 4. The first-order valence-electron chi connectivity index (χ1n) is 7.83. The van der Waals surface area contributed by atoms with E-state index < -0.39 is 0 Å². The topological polar surface area (TPSA) is 45.5 Å². The zero-order valence-electron chi connectivity index (χ0n) is 13.0. The van der Waals surface area contributed by atoms with Crippen molar-refractivity contribution in [2.75, 3.05) is 31.1 Å². The van der Waals surface area contributed by atoms with E-state index in [1.54, 1.807) is 0 Å². The lowest BCUT2D eigenvalue weighted by molar-refractivity contribution is 0.533. The maximum atomic E-state index is 4.73. The SMILES string of the molecule is CC(C)(C)c1cc2c(N3CC4CNCC4C3)nccn2n1. The normalized spacial score (nSPS) is 25.8. The molecule has 2 fully saturated rings. The number of aromatic nitrogens is 3. The molecule has 2 aromatic rings. The van der Waals surface area contributed by atoms with Crippen molar-refractivity contribution in [3.8, 4) is 0 Å². The predicted octanol–water partition coefficient (Wildman–Crippen LogP) is 1.68. The molecule has 0 bridgehead atoms. The van der Waals surface area contributed by atoms with Gasteiger partial charge in [0, 0.05) is 44.0 Å². The van der Waals surface area contributed by atoms with E-state index in [9.17, 15) is 0 Å². The van der Waals surface area contributed by atoms with Gasteiger partial charge in [-0.05, 0) is 17.9 Å². The van der Waals surface area contributed by atoms with Crippen LogP contribution in [0.25, 0.3) is 5.52 Å². The zero-order chi connectivity index (χ0) is 14.6. The van der Waals surface area contributed by atoms with Crippen LogP contribution in [0.1, 0.15) is 26.5 Å². The van der Waals surface area contributed by atoms with Crippen LogP contribution in [-0.2, 0) is 5.41 Å². The average molecular weight is 285 g/mol. The van der Waals surface area contributed by atoms with Gasteiger partial charge < -0.3 is 10.2 Å². The fourth-order valence-electron chi connectivity index (χ4n) is 3.55. The summed E-state index contributed by atoms with van der Waals surface area (Å²) in [6, 6.07) is 2.20. The van der Waals surface area contributed by atoms with Crippen molar-refractivity contribution < 1.29 is 0 Å². The third-order valence-electron chi connectivity index (χ3n) is 4.83. The van der Waals surface area contributed by atoms with Crippen LogP contribution in [-0.4, -0.2) is 40.8 Å². The summed E-state index contributed by atoms with van der Waals surface area (Å²) in [6.45, 7) is 11.1. The van der Waals surface area contributed by atoms with Gasteiger partial charge in [-0.15, -0.1) is 0 Å². The molecular formula is C16H23N5. The highest BCUT2D eigenvalue weighted by Gasteiger charge is 2.37. The van der Waals surface area contributed by atoms with E-state index in [-0.39, 0.29) is 5.41 Å². The smallest absolute Gasteiger partial charge is 0.154 e. The van der Waals surface area contributed by atoms with Gasteiger partial charge in [0.2, 0.25) is 0 Å². The monoisotopic (exact) mass is 285 g/mol. The molecule has 2 atom stereocenters. The first kappa shape index (κ1) is 13.1. The predicted molar refractivity (Wildman–Crippen MR) is 83.7 cm³/mol. The third kappa shape index (κ3) is 2.11. The van der Waals surface area contributed by atoms with Gasteiger partial charge in [0.25, 0.3) is 0 Å². The van der Waals surface area contributed by atoms with E-state index in [0.717, 1.165) is 55.0 Å². The van der Waals surface area contributed by atoms with Gasteiger partial charge in [-0.3, -0.25) is 0 Å². The number of rotatable bonds is 1. The van der Waals surface area contributed by atoms with E-state index in [4.69, 9.17) is 5.10 Å². The molecule has 5 heteroatoms. The first-order valence-corrected chi connectivity index (χ1v) is 7.83. The van der Waals surface area contributed by atoms with E-state index in [2.05, 4.69) is 42.0 Å². The minimum atomic E-state index is 0.0642. The number of hydrogen-bond donors (Lipinski definition) is 1. The standard InChI is InChI=1S/C16H23N5/c1-16(2,3)14-6-13-15(18-4-5-21(13)19-14)20-9-11-7-17-8-12(11)10-20/h4-6,11-12,17H,7-10H2,1-3H3. The minimum absolute atomic E-state index is 0.0642. The Balaban J connectivity index is 1.74. The van der Waals surface area contributed by atoms with Gasteiger partial charge in [0.05, 0.1) is 5.69 Å². The van der Waals surface area contributed by atoms with Crippen LogP contribution < -0.4 is 10.2 Å². The fourth-order valence-corrected chi connectivity index (χ4v) is 3.55. The Morgan fingerprint density at radius 2 is 1.90 bits per heavy atom. The summed E-state index contributed by atoms with van der Waals surface area (Å²) in [5.74, 6) is 2.64. The van der Waals surface area contributed by atoms with Crippen LogP contribution in [0.5, 0.6) is 0 Å². The Labute approximate surface area is 125 Å². The molecule has 2 aromatic heterocycles. The number of fused-ring (bicyclic) bond motifs is 2. The number of nitrogens with zero attached hydrogens (tertiary/aromatic N) is 4. The molecule has 5 nitrogen and oxygen atoms in total.